The van der Waals surface area contributed by atoms with E-state index in [-0.39, 0.29) is 18.2 Å². The molecule has 0 saturated carbocycles. The standard InChI is InChI=1S/C25H34N2O2/c1-17(2)15-26-25(29)21(6)27(16-23-10-8-7-9-20(23)5)24(28)14-22-12-18(3)11-19(4)13-22/h7-13,17,21H,14-16H2,1-6H3,(H,26,29). The quantitative estimate of drug-likeness (QED) is 0.724. The predicted molar refractivity (Wildman–Crippen MR) is 119 cm³/mol. The first-order chi connectivity index (χ1) is 13.7. The molecule has 1 N–H and O–H groups in total. The third-order valence-electron chi connectivity index (χ3n) is 5.09. The molecule has 4 heteroatoms. The first-order valence-electron chi connectivity index (χ1n) is 10.4. The molecule has 0 fully saturated rings. The number of aryl methyl sites for hydroxylation is 3. The highest BCUT2D eigenvalue weighted by molar-refractivity contribution is 5.88. The van der Waals surface area contributed by atoms with Gasteiger partial charge in [0.1, 0.15) is 6.04 Å². The molecule has 0 bridgehead atoms. The Kier molecular flexibility index (Phi) is 8.00. The molecule has 0 heterocycles. The van der Waals surface area contributed by atoms with Crippen LogP contribution in [0.1, 0.15) is 48.6 Å². The summed E-state index contributed by atoms with van der Waals surface area (Å²) in [6.45, 7) is 13.1. The Labute approximate surface area is 175 Å². The highest BCUT2D eigenvalue weighted by atomic mass is 16.2. The number of carbonyl (C=O) groups is 2. The van der Waals surface area contributed by atoms with Gasteiger partial charge in [0, 0.05) is 13.1 Å². The number of nitrogens with zero attached hydrogens (tertiary/aromatic N) is 1. The Morgan fingerprint density at radius 3 is 2.17 bits per heavy atom. The lowest BCUT2D eigenvalue weighted by atomic mass is 10.0. The summed E-state index contributed by atoms with van der Waals surface area (Å²) in [4.78, 5) is 27.7. The summed E-state index contributed by atoms with van der Waals surface area (Å²) >= 11 is 0. The van der Waals surface area contributed by atoms with Crippen LogP contribution in [0.3, 0.4) is 0 Å². The maximum Gasteiger partial charge on any atom is 0.242 e. The van der Waals surface area contributed by atoms with Crippen LogP contribution in [-0.2, 0) is 22.6 Å². The van der Waals surface area contributed by atoms with Crippen LogP contribution in [0.2, 0.25) is 0 Å². The average molecular weight is 395 g/mol. The van der Waals surface area contributed by atoms with E-state index in [2.05, 4.69) is 25.2 Å². The molecule has 0 aliphatic heterocycles. The zero-order valence-corrected chi connectivity index (χ0v) is 18.6. The van der Waals surface area contributed by atoms with E-state index in [1.165, 1.54) is 0 Å². The van der Waals surface area contributed by atoms with Crippen molar-refractivity contribution < 1.29 is 9.59 Å². The zero-order valence-electron chi connectivity index (χ0n) is 18.6. The van der Waals surface area contributed by atoms with Gasteiger partial charge in [0.05, 0.1) is 6.42 Å². The molecule has 29 heavy (non-hydrogen) atoms. The maximum atomic E-state index is 13.3. The summed E-state index contributed by atoms with van der Waals surface area (Å²) < 4.78 is 0. The second-order valence-electron chi connectivity index (χ2n) is 8.44. The Hall–Kier alpha value is -2.62. The van der Waals surface area contributed by atoms with E-state index < -0.39 is 6.04 Å². The van der Waals surface area contributed by atoms with Gasteiger partial charge < -0.3 is 10.2 Å². The Bertz CT molecular complexity index is 837. The Balaban J connectivity index is 2.26. The Morgan fingerprint density at radius 1 is 0.966 bits per heavy atom. The van der Waals surface area contributed by atoms with Gasteiger partial charge in [-0.25, -0.2) is 0 Å². The zero-order chi connectivity index (χ0) is 21.6. The smallest absolute Gasteiger partial charge is 0.242 e. The van der Waals surface area contributed by atoms with Crippen molar-refractivity contribution in [3.05, 3.63) is 70.3 Å². The molecule has 2 aromatic carbocycles. The van der Waals surface area contributed by atoms with E-state index in [9.17, 15) is 9.59 Å². The number of hydrogen-bond acceptors (Lipinski definition) is 2. The van der Waals surface area contributed by atoms with Gasteiger partial charge in [-0.3, -0.25) is 9.59 Å². The molecule has 0 aliphatic carbocycles. The number of amides is 2. The number of carbonyl (C=O) groups excluding carboxylic acids is 2. The van der Waals surface area contributed by atoms with Crippen molar-refractivity contribution >= 4 is 11.8 Å². The number of benzene rings is 2. The van der Waals surface area contributed by atoms with E-state index in [4.69, 9.17) is 0 Å². The highest BCUT2D eigenvalue weighted by Crippen LogP contribution is 2.16. The summed E-state index contributed by atoms with van der Waals surface area (Å²) in [5, 5.41) is 2.97. The monoisotopic (exact) mass is 394 g/mol. The molecule has 4 nitrogen and oxygen atoms in total. The highest BCUT2D eigenvalue weighted by Gasteiger charge is 2.26. The van der Waals surface area contributed by atoms with Crippen LogP contribution in [0.25, 0.3) is 0 Å². The topological polar surface area (TPSA) is 49.4 Å². The van der Waals surface area contributed by atoms with Gasteiger partial charge in [-0.05, 0) is 50.3 Å². The lowest BCUT2D eigenvalue weighted by Crippen LogP contribution is -2.48. The largest absolute Gasteiger partial charge is 0.354 e. The molecule has 0 aromatic heterocycles. The van der Waals surface area contributed by atoms with E-state index >= 15 is 0 Å². The van der Waals surface area contributed by atoms with Gasteiger partial charge in [0.2, 0.25) is 11.8 Å². The molecule has 0 radical (unpaired) electrons. The third-order valence-corrected chi connectivity index (χ3v) is 5.09. The fourth-order valence-electron chi connectivity index (χ4n) is 3.45. The minimum Gasteiger partial charge on any atom is -0.354 e. The fraction of sp³-hybridized carbons (Fsp3) is 0.440. The molecule has 0 aliphatic rings. The van der Waals surface area contributed by atoms with Crippen molar-refractivity contribution in [2.75, 3.05) is 6.54 Å². The van der Waals surface area contributed by atoms with Gasteiger partial charge in [-0.15, -0.1) is 0 Å². The molecular formula is C25H34N2O2. The van der Waals surface area contributed by atoms with Crippen LogP contribution in [0, 0.1) is 26.7 Å². The summed E-state index contributed by atoms with van der Waals surface area (Å²) in [5.74, 6) is 0.216. The molecule has 0 spiro atoms. The van der Waals surface area contributed by atoms with Crippen molar-refractivity contribution in [1.82, 2.24) is 10.2 Å². The molecule has 1 unspecified atom stereocenters. The Morgan fingerprint density at radius 2 is 1.59 bits per heavy atom. The van der Waals surface area contributed by atoms with Crippen LogP contribution < -0.4 is 5.32 Å². The minimum atomic E-state index is -0.535. The number of hydrogen-bond donors (Lipinski definition) is 1. The van der Waals surface area contributed by atoms with Crippen molar-refractivity contribution in [2.45, 2.75) is 60.5 Å². The summed E-state index contributed by atoms with van der Waals surface area (Å²) in [6.07, 6.45) is 0.288. The third kappa shape index (κ3) is 6.74. The second kappa shape index (κ2) is 10.2. The normalized spacial score (nSPS) is 12.0. The van der Waals surface area contributed by atoms with Crippen LogP contribution in [-0.4, -0.2) is 29.3 Å². The van der Waals surface area contributed by atoms with Crippen LogP contribution in [0.5, 0.6) is 0 Å². The van der Waals surface area contributed by atoms with Gasteiger partial charge >= 0.3 is 0 Å². The minimum absolute atomic E-state index is 0.0366. The molecular weight excluding hydrogens is 360 g/mol. The number of nitrogens with one attached hydrogen (secondary N) is 1. The van der Waals surface area contributed by atoms with E-state index in [0.717, 1.165) is 27.8 Å². The molecule has 2 rings (SSSR count). The molecule has 2 aromatic rings. The van der Waals surface area contributed by atoms with Crippen LogP contribution in [0.15, 0.2) is 42.5 Å². The second-order valence-corrected chi connectivity index (χ2v) is 8.44. The molecule has 0 saturated heterocycles. The first kappa shape index (κ1) is 22.7. The van der Waals surface area contributed by atoms with Crippen molar-refractivity contribution in [3.8, 4) is 0 Å². The van der Waals surface area contributed by atoms with E-state index in [1.807, 2.05) is 64.1 Å². The first-order valence-corrected chi connectivity index (χ1v) is 10.4. The van der Waals surface area contributed by atoms with Crippen molar-refractivity contribution in [3.63, 3.8) is 0 Å². The van der Waals surface area contributed by atoms with Gasteiger partial charge in [0.25, 0.3) is 0 Å². The van der Waals surface area contributed by atoms with Gasteiger partial charge in [-0.2, -0.15) is 0 Å². The maximum absolute atomic E-state index is 13.3. The summed E-state index contributed by atoms with van der Waals surface area (Å²) in [6, 6.07) is 13.7. The number of rotatable bonds is 8. The lowest BCUT2D eigenvalue weighted by molar-refractivity contribution is -0.140. The lowest BCUT2D eigenvalue weighted by Gasteiger charge is -2.29. The summed E-state index contributed by atoms with van der Waals surface area (Å²) in [5.41, 5.74) is 5.44. The van der Waals surface area contributed by atoms with Gasteiger partial charge in [-0.1, -0.05) is 67.4 Å². The molecule has 1 atom stereocenters. The van der Waals surface area contributed by atoms with E-state index in [1.54, 1.807) is 4.90 Å². The van der Waals surface area contributed by atoms with E-state index in [0.29, 0.717) is 19.0 Å². The average Bonchev–Trinajstić information content (AvgIpc) is 2.63. The summed E-state index contributed by atoms with van der Waals surface area (Å²) in [7, 11) is 0. The van der Waals surface area contributed by atoms with Crippen molar-refractivity contribution in [1.29, 1.82) is 0 Å². The SMILES string of the molecule is Cc1cc(C)cc(CC(=O)N(Cc2ccccc2C)C(C)C(=O)NCC(C)C)c1. The fourth-order valence-corrected chi connectivity index (χ4v) is 3.45. The predicted octanol–water partition coefficient (Wildman–Crippen LogP) is 4.34. The van der Waals surface area contributed by atoms with Crippen molar-refractivity contribution in [2.24, 2.45) is 5.92 Å². The molecule has 156 valence electrons. The van der Waals surface area contributed by atoms with Gasteiger partial charge in [0.15, 0.2) is 0 Å². The molecule has 2 amide bonds. The van der Waals surface area contributed by atoms with Crippen LogP contribution >= 0.6 is 0 Å². The van der Waals surface area contributed by atoms with Crippen LogP contribution in [0.4, 0.5) is 0 Å².